The van der Waals surface area contributed by atoms with Gasteiger partial charge in [-0.15, -0.1) is 0 Å². The molecule has 0 aliphatic rings. The highest BCUT2D eigenvalue weighted by atomic mass is 35.5. The fourth-order valence-corrected chi connectivity index (χ4v) is 1.21. The molecule has 0 fully saturated rings. The zero-order valence-electron chi connectivity index (χ0n) is 6.54. The Morgan fingerprint density at radius 2 is 1.21 bits per heavy atom. The summed E-state index contributed by atoms with van der Waals surface area (Å²) in [4.78, 5) is 21.0. The largest absolute Gasteiger partial charge is 0.545 e. The van der Waals surface area contributed by atoms with E-state index in [0.29, 0.717) is 0 Å². The van der Waals surface area contributed by atoms with Gasteiger partial charge in [0.15, 0.2) is 0 Å². The number of halogens is 2. The van der Waals surface area contributed by atoms with Crippen molar-refractivity contribution in [3.05, 3.63) is 33.3 Å². The predicted molar refractivity (Wildman–Crippen MR) is 45.1 cm³/mol. The lowest BCUT2D eigenvalue weighted by Gasteiger charge is -2.12. The molecule has 0 aromatic heterocycles. The van der Waals surface area contributed by atoms with E-state index in [1.807, 2.05) is 0 Å². The van der Waals surface area contributed by atoms with Crippen LogP contribution in [0.25, 0.3) is 0 Å². The van der Waals surface area contributed by atoms with Gasteiger partial charge in [-0.3, -0.25) is 0 Å². The summed E-state index contributed by atoms with van der Waals surface area (Å²) in [5.41, 5.74) is -1.11. The first-order chi connectivity index (χ1) is 6.43. The van der Waals surface area contributed by atoms with Crippen LogP contribution in [0.4, 0.5) is 0 Å². The molecule has 1 aromatic rings. The van der Waals surface area contributed by atoms with Crippen molar-refractivity contribution in [2.45, 2.75) is 0 Å². The van der Waals surface area contributed by atoms with Crippen LogP contribution in [0.3, 0.4) is 0 Å². The third-order valence-corrected chi connectivity index (χ3v) is 2.22. The molecule has 0 heterocycles. The Balaban J connectivity index is 3.46. The molecule has 0 aliphatic heterocycles. The van der Waals surface area contributed by atoms with E-state index in [1.54, 1.807) is 0 Å². The van der Waals surface area contributed by atoms with Gasteiger partial charge in [-0.05, 0) is 12.1 Å². The maximum atomic E-state index is 10.5. The van der Waals surface area contributed by atoms with Gasteiger partial charge in [0.2, 0.25) is 0 Å². The molecule has 0 aliphatic carbocycles. The average Bonchev–Trinajstić information content (AvgIpc) is 2.08. The number of rotatable bonds is 2. The van der Waals surface area contributed by atoms with Gasteiger partial charge in [0.05, 0.1) is 22.0 Å². The summed E-state index contributed by atoms with van der Waals surface area (Å²) in [5, 5.41) is 20.9. The Labute approximate surface area is 88.7 Å². The molecule has 0 bridgehead atoms. The number of carbonyl (C=O) groups excluding carboxylic acids is 2. The van der Waals surface area contributed by atoms with Gasteiger partial charge >= 0.3 is 0 Å². The minimum absolute atomic E-state index is 0.0594. The Morgan fingerprint density at radius 3 is 1.43 bits per heavy atom. The van der Waals surface area contributed by atoms with Crippen molar-refractivity contribution in [1.29, 1.82) is 0 Å². The van der Waals surface area contributed by atoms with Gasteiger partial charge in [0, 0.05) is 11.1 Å². The fraction of sp³-hybridized carbons (Fsp3) is 0. The maximum absolute atomic E-state index is 10.5. The number of carboxylic acid groups (broad SMARTS) is 2. The molecule has 0 amide bonds. The summed E-state index contributed by atoms with van der Waals surface area (Å²) in [6, 6.07) is 1.81. The Kier molecular flexibility index (Phi) is 2.98. The lowest BCUT2D eigenvalue weighted by Crippen LogP contribution is -2.30. The topological polar surface area (TPSA) is 80.3 Å². The Bertz CT molecular complexity index is 375. The normalized spacial score (nSPS) is 9.86. The summed E-state index contributed by atoms with van der Waals surface area (Å²) >= 11 is 11.0. The third kappa shape index (κ3) is 1.97. The van der Waals surface area contributed by atoms with Crippen molar-refractivity contribution in [3.63, 3.8) is 0 Å². The summed E-state index contributed by atoms with van der Waals surface area (Å²) in [5.74, 6) is -3.30. The van der Waals surface area contributed by atoms with E-state index in [0.717, 1.165) is 12.1 Å². The van der Waals surface area contributed by atoms with Crippen LogP contribution in [0.5, 0.6) is 0 Å². The van der Waals surface area contributed by atoms with Crippen molar-refractivity contribution >= 4 is 35.1 Å². The molecule has 0 spiro atoms. The molecular formula is C8H2Cl2O4-2. The highest BCUT2D eigenvalue weighted by Gasteiger charge is 2.08. The van der Waals surface area contributed by atoms with E-state index >= 15 is 0 Å². The van der Waals surface area contributed by atoms with Gasteiger partial charge in [0.1, 0.15) is 0 Å². The van der Waals surface area contributed by atoms with Crippen LogP contribution in [-0.2, 0) is 0 Å². The van der Waals surface area contributed by atoms with E-state index < -0.39 is 23.1 Å². The first-order valence-corrected chi connectivity index (χ1v) is 4.11. The summed E-state index contributed by atoms with van der Waals surface area (Å²) in [7, 11) is 0. The van der Waals surface area contributed by atoms with E-state index in [2.05, 4.69) is 0 Å². The fourth-order valence-electron chi connectivity index (χ4n) is 0.885. The van der Waals surface area contributed by atoms with E-state index in [-0.39, 0.29) is 10.0 Å². The highest BCUT2D eigenvalue weighted by Crippen LogP contribution is 2.25. The van der Waals surface area contributed by atoms with Crippen LogP contribution in [0.1, 0.15) is 20.7 Å². The second-order valence-electron chi connectivity index (χ2n) is 2.39. The van der Waals surface area contributed by atoms with E-state index in [1.165, 1.54) is 0 Å². The predicted octanol–water partition coefficient (Wildman–Crippen LogP) is -0.280. The first-order valence-electron chi connectivity index (χ1n) is 3.35. The number of carbonyl (C=O) groups is 2. The molecule has 4 nitrogen and oxygen atoms in total. The SMILES string of the molecule is O=C([O-])c1cc(Cl)c(Cl)cc1C(=O)[O-]. The number of benzene rings is 1. The van der Waals surface area contributed by atoms with Crippen molar-refractivity contribution in [2.24, 2.45) is 0 Å². The van der Waals surface area contributed by atoms with Gasteiger partial charge < -0.3 is 19.8 Å². The quantitative estimate of drug-likeness (QED) is 0.703. The van der Waals surface area contributed by atoms with Crippen LogP contribution in [0.2, 0.25) is 10.0 Å². The summed E-state index contributed by atoms with van der Waals surface area (Å²) in [6.45, 7) is 0. The molecule has 6 heteroatoms. The maximum Gasteiger partial charge on any atom is 0.0722 e. The van der Waals surface area contributed by atoms with Gasteiger partial charge in [-0.25, -0.2) is 0 Å². The number of carboxylic acids is 2. The lowest BCUT2D eigenvalue weighted by atomic mass is 10.1. The third-order valence-electron chi connectivity index (χ3n) is 1.50. The molecule has 0 unspecified atom stereocenters. The van der Waals surface area contributed by atoms with Crippen LogP contribution in [0.15, 0.2) is 12.1 Å². The minimum Gasteiger partial charge on any atom is -0.545 e. The molecule has 0 N–H and O–H groups in total. The first kappa shape index (κ1) is 10.8. The molecule has 1 aromatic carbocycles. The average molecular weight is 233 g/mol. The smallest absolute Gasteiger partial charge is 0.0722 e. The zero-order chi connectivity index (χ0) is 10.9. The Hall–Kier alpha value is -1.26. The molecule has 74 valence electrons. The van der Waals surface area contributed by atoms with Gasteiger partial charge in [0.25, 0.3) is 0 Å². The van der Waals surface area contributed by atoms with Crippen molar-refractivity contribution < 1.29 is 19.8 Å². The van der Waals surface area contributed by atoms with Crippen molar-refractivity contribution in [2.75, 3.05) is 0 Å². The number of hydrogen-bond donors (Lipinski definition) is 0. The van der Waals surface area contributed by atoms with Crippen LogP contribution in [0, 0.1) is 0 Å². The minimum atomic E-state index is -1.65. The van der Waals surface area contributed by atoms with Gasteiger partial charge in [-0.2, -0.15) is 0 Å². The second kappa shape index (κ2) is 3.86. The molecule has 1 rings (SSSR count). The van der Waals surface area contributed by atoms with Crippen molar-refractivity contribution in [1.82, 2.24) is 0 Å². The molecule has 0 atom stereocenters. The van der Waals surface area contributed by atoms with E-state index in [9.17, 15) is 19.8 Å². The number of hydrogen-bond acceptors (Lipinski definition) is 4. The summed E-state index contributed by atoms with van der Waals surface area (Å²) in [6.07, 6.45) is 0. The van der Waals surface area contributed by atoms with Gasteiger partial charge in [-0.1, -0.05) is 23.2 Å². The molecule has 0 saturated carbocycles. The molecule has 0 saturated heterocycles. The number of aromatic carboxylic acids is 2. The molecular weight excluding hydrogens is 231 g/mol. The monoisotopic (exact) mass is 232 g/mol. The lowest BCUT2D eigenvalue weighted by molar-refractivity contribution is -0.259. The van der Waals surface area contributed by atoms with Crippen LogP contribution in [-0.4, -0.2) is 11.9 Å². The molecule has 0 radical (unpaired) electrons. The standard InChI is InChI=1S/C8H4Cl2O4/c9-5-1-3(7(11)12)4(8(13)14)2-6(5)10/h1-2H,(H,11,12)(H,13,14)/p-2. The second-order valence-corrected chi connectivity index (χ2v) is 3.20. The van der Waals surface area contributed by atoms with Crippen LogP contribution >= 0.6 is 23.2 Å². The van der Waals surface area contributed by atoms with Crippen LogP contribution < -0.4 is 10.2 Å². The highest BCUT2D eigenvalue weighted by molar-refractivity contribution is 6.42. The zero-order valence-corrected chi connectivity index (χ0v) is 8.06. The van der Waals surface area contributed by atoms with E-state index in [4.69, 9.17) is 23.2 Å². The summed E-state index contributed by atoms with van der Waals surface area (Å²) < 4.78 is 0. The molecule has 14 heavy (non-hydrogen) atoms. The van der Waals surface area contributed by atoms with Crippen molar-refractivity contribution in [3.8, 4) is 0 Å². The Morgan fingerprint density at radius 1 is 0.929 bits per heavy atom.